The Balaban J connectivity index is 1.53. The van der Waals surface area contributed by atoms with Crippen LogP contribution in [0.2, 0.25) is 0 Å². The fourth-order valence-electron chi connectivity index (χ4n) is 3.89. The standard InChI is InChI=1S/C22H23F3N2O3/c1-14-11-15-3-2-4-18(20(15)30-14)21(28)26-13-16-5-6-17(12-19(16)22(23,24)25)27-7-9-29-10-8-27/h2-6,12,14H,7-11,13H2,1H3,(H,26,28). The van der Waals surface area contributed by atoms with E-state index in [-0.39, 0.29) is 18.2 Å². The van der Waals surface area contributed by atoms with E-state index in [2.05, 4.69) is 5.32 Å². The Hall–Kier alpha value is -2.74. The van der Waals surface area contributed by atoms with Crippen LogP contribution in [0.25, 0.3) is 0 Å². The van der Waals surface area contributed by atoms with Gasteiger partial charge < -0.3 is 19.7 Å². The molecule has 0 saturated carbocycles. The molecule has 0 aromatic heterocycles. The number of hydrogen-bond acceptors (Lipinski definition) is 4. The maximum absolute atomic E-state index is 13.7. The van der Waals surface area contributed by atoms with Crippen LogP contribution in [-0.2, 0) is 23.9 Å². The molecule has 0 bridgehead atoms. The normalized spacial score (nSPS) is 18.7. The number of halogens is 3. The van der Waals surface area contributed by atoms with Gasteiger partial charge in [0, 0.05) is 31.7 Å². The largest absolute Gasteiger partial charge is 0.489 e. The molecule has 1 atom stereocenters. The minimum atomic E-state index is -4.52. The lowest BCUT2D eigenvalue weighted by molar-refractivity contribution is -0.138. The molecule has 1 saturated heterocycles. The molecule has 4 rings (SSSR count). The maximum Gasteiger partial charge on any atom is 0.416 e. The summed E-state index contributed by atoms with van der Waals surface area (Å²) in [7, 11) is 0. The summed E-state index contributed by atoms with van der Waals surface area (Å²) in [4.78, 5) is 14.5. The van der Waals surface area contributed by atoms with E-state index in [0.717, 1.165) is 11.6 Å². The molecule has 160 valence electrons. The zero-order valence-electron chi connectivity index (χ0n) is 16.6. The second-order valence-corrected chi connectivity index (χ2v) is 7.55. The third-order valence-electron chi connectivity index (χ3n) is 5.38. The van der Waals surface area contributed by atoms with Crippen LogP contribution in [0.15, 0.2) is 36.4 Å². The number of morpholine rings is 1. The number of nitrogens with one attached hydrogen (secondary N) is 1. The number of fused-ring (bicyclic) bond motifs is 1. The molecule has 1 amide bonds. The molecule has 2 aromatic carbocycles. The Bertz CT molecular complexity index is 940. The lowest BCUT2D eigenvalue weighted by Crippen LogP contribution is -2.36. The van der Waals surface area contributed by atoms with Gasteiger partial charge in [0.1, 0.15) is 11.9 Å². The highest BCUT2D eigenvalue weighted by Crippen LogP contribution is 2.35. The molecule has 2 aliphatic heterocycles. The van der Waals surface area contributed by atoms with Gasteiger partial charge >= 0.3 is 6.18 Å². The van der Waals surface area contributed by atoms with E-state index in [4.69, 9.17) is 9.47 Å². The first-order valence-electron chi connectivity index (χ1n) is 9.92. The van der Waals surface area contributed by atoms with E-state index in [9.17, 15) is 18.0 Å². The quantitative estimate of drug-likeness (QED) is 0.818. The van der Waals surface area contributed by atoms with E-state index >= 15 is 0 Å². The summed E-state index contributed by atoms with van der Waals surface area (Å²) in [6.07, 6.45) is -3.84. The first-order chi connectivity index (χ1) is 14.3. The summed E-state index contributed by atoms with van der Waals surface area (Å²) >= 11 is 0. The number of benzene rings is 2. The Morgan fingerprint density at radius 2 is 1.97 bits per heavy atom. The average Bonchev–Trinajstić information content (AvgIpc) is 3.12. The number of rotatable bonds is 4. The summed E-state index contributed by atoms with van der Waals surface area (Å²) in [6, 6.07) is 9.51. The molecule has 30 heavy (non-hydrogen) atoms. The van der Waals surface area contributed by atoms with Gasteiger partial charge in [-0.25, -0.2) is 0 Å². The van der Waals surface area contributed by atoms with E-state index in [1.165, 1.54) is 6.07 Å². The second kappa shape index (κ2) is 8.18. The topological polar surface area (TPSA) is 50.8 Å². The van der Waals surface area contributed by atoms with Crippen LogP contribution in [0, 0.1) is 0 Å². The monoisotopic (exact) mass is 420 g/mol. The molecule has 5 nitrogen and oxygen atoms in total. The number of carbonyl (C=O) groups excluding carboxylic acids is 1. The van der Waals surface area contributed by atoms with Crippen LogP contribution in [0.3, 0.4) is 0 Å². The molecule has 1 N–H and O–H groups in total. The molecule has 2 aliphatic rings. The number of hydrogen-bond donors (Lipinski definition) is 1. The second-order valence-electron chi connectivity index (χ2n) is 7.55. The third-order valence-corrected chi connectivity index (χ3v) is 5.38. The molecular formula is C22H23F3N2O3. The summed E-state index contributed by atoms with van der Waals surface area (Å²) in [5.41, 5.74) is 1.06. The minimum absolute atomic E-state index is 0.0229. The van der Waals surface area contributed by atoms with Crippen molar-refractivity contribution in [3.05, 3.63) is 58.7 Å². The Labute approximate surface area is 172 Å². The number of ether oxygens (including phenoxy) is 2. The lowest BCUT2D eigenvalue weighted by atomic mass is 10.0. The fraction of sp³-hybridized carbons (Fsp3) is 0.409. The van der Waals surface area contributed by atoms with Crippen molar-refractivity contribution in [2.45, 2.75) is 32.2 Å². The molecule has 2 aromatic rings. The molecule has 8 heteroatoms. The predicted octanol–water partition coefficient (Wildman–Crippen LogP) is 3.80. The van der Waals surface area contributed by atoms with Crippen molar-refractivity contribution >= 4 is 11.6 Å². The highest BCUT2D eigenvalue weighted by atomic mass is 19.4. The minimum Gasteiger partial charge on any atom is -0.489 e. The van der Waals surface area contributed by atoms with Gasteiger partial charge in [0.05, 0.1) is 24.3 Å². The number of amides is 1. The van der Waals surface area contributed by atoms with Gasteiger partial charge in [0.2, 0.25) is 0 Å². The van der Waals surface area contributed by atoms with E-state index in [0.29, 0.717) is 49.7 Å². The first kappa shape index (κ1) is 20.5. The summed E-state index contributed by atoms with van der Waals surface area (Å²) < 4.78 is 52.1. The Kier molecular flexibility index (Phi) is 5.60. The molecule has 0 aliphatic carbocycles. The van der Waals surface area contributed by atoms with Crippen molar-refractivity contribution in [1.29, 1.82) is 0 Å². The molecule has 1 fully saturated rings. The predicted molar refractivity (Wildman–Crippen MR) is 106 cm³/mol. The van der Waals surface area contributed by atoms with Crippen molar-refractivity contribution in [1.82, 2.24) is 5.32 Å². The van der Waals surface area contributed by atoms with Crippen LogP contribution in [0.4, 0.5) is 18.9 Å². The lowest BCUT2D eigenvalue weighted by Gasteiger charge is -2.29. The van der Waals surface area contributed by atoms with Gasteiger partial charge in [-0.05, 0) is 36.2 Å². The van der Waals surface area contributed by atoms with Crippen LogP contribution < -0.4 is 15.0 Å². The summed E-state index contributed by atoms with van der Waals surface area (Å²) in [5.74, 6) is 0.0625. The van der Waals surface area contributed by atoms with Crippen molar-refractivity contribution in [2.24, 2.45) is 0 Å². The highest BCUT2D eigenvalue weighted by Gasteiger charge is 2.34. The van der Waals surface area contributed by atoms with Gasteiger partial charge in [0.15, 0.2) is 0 Å². The number of nitrogens with zero attached hydrogens (tertiary/aromatic N) is 1. The summed E-state index contributed by atoms with van der Waals surface area (Å²) in [6.45, 7) is 3.75. The number of carbonyl (C=O) groups is 1. The van der Waals surface area contributed by atoms with Crippen molar-refractivity contribution in [2.75, 3.05) is 31.2 Å². The first-order valence-corrected chi connectivity index (χ1v) is 9.92. The SMILES string of the molecule is CC1Cc2cccc(C(=O)NCc3ccc(N4CCOCC4)cc3C(F)(F)F)c2O1. The average molecular weight is 420 g/mol. The van der Waals surface area contributed by atoms with Crippen LogP contribution in [0.1, 0.15) is 34.0 Å². The van der Waals surface area contributed by atoms with Crippen molar-refractivity contribution in [3.63, 3.8) is 0 Å². The molecule has 1 unspecified atom stereocenters. The van der Waals surface area contributed by atoms with Crippen LogP contribution in [-0.4, -0.2) is 38.3 Å². The van der Waals surface area contributed by atoms with Gasteiger partial charge in [0.25, 0.3) is 5.91 Å². The van der Waals surface area contributed by atoms with Crippen LogP contribution in [0.5, 0.6) is 5.75 Å². The third kappa shape index (κ3) is 4.23. The Morgan fingerprint density at radius 1 is 1.20 bits per heavy atom. The molecule has 2 heterocycles. The van der Waals surface area contributed by atoms with E-state index in [1.807, 2.05) is 17.9 Å². The summed E-state index contributed by atoms with van der Waals surface area (Å²) in [5, 5.41) is 2.62. The zero-order chi connectivity index (χ0) is 21.3. The smallest absolute Gasteiger partial charge is 0.416 e. The molecule has 0 spiro atoms. The number of para-hydroxylation sites is 1. The van der Waals surface area contributed by atoms with Crippen molar-refractivity contribution < 1.29 is 27.4 Å². The van der Waals surface area contributed by atoms with Gasteiger partial charge in [-0.2, -0.15) is 13.2 Å². The van der Waals surface area contributed by atoms with Crippen LogP contribution >= 0.6 is 0 Å². The van der Waals surface area contributed by atoms with E-state index < -0.39 is 17.6 Å². The maximum atomic E-state index is 13.7. The zero-order valence-corrected chi connectivity index (χ0v) is 16.6. The van der Waals surface area contributed by atoms with Gasteiger partial charge in [-0.1, -0.05) is 18.2 Å². The van der Waals surface area contributed by atoms with Crippen molar-refractivity contribution in [3.8, 4) is 5.75 Å². The fourth-order valence-corrected chi connectivity index (χ4v) is 3.89. The Morgan fingerprint density at radius 3 is 2.70 bits per heavy atom. The number of alkyl halides is 3. The van der Waals surface area contributed by atoms with Gasteiger partial charge in [-0.15, -0.1) is 0 Å². The molecule has 0 radical (unpaired) electrons. The van der Waals surface area contributed by atoms with E-state index in [1.54, 1.807) is 18.2 Å². The molecular weight excluding hydrogens is 397 g/mol. The highest BCUT2D eigenvalue weighted by molar-refractivity contribution is 5.97. The number of anilines is 1. The van der Waals surface area contributed by atoms with Gasteiger partial charge in [-0.3, -0.25) is 4.79 Å².